The van der Waals surface area contributed by atoms with E-state index in [2.05, 4.69) is 19.9 Å². The molecule has 0 radical (unpaired) electrons. The number of oxazole rings is 2. The van der Waals surface area contributed by atoms with E-state index in [1.165, 1.54) is 12.8 Å². The maximum absolute atomic E-state index is 5.03. The SMILES string of the molecule is CC.COc1nccc2ocnc12.c1cnc2ncoc2c1. The van der Waals surface area contributed by atoms with Gasteiger partial charge >= 0.3 is 0 Å². The third-order valence-electron chi connectivity index (χ3n) is 2.51. The molecule has 0 aromatic carbocycles. The topological polar surface area (TPSA) is 87.1 Å². The third-order valence-corrected chi connectivity index (χ3v) is 2.51. The zero-order valence-corrected chi connectivity index (χ0v) is 12.6. The van der Waals surface area contributed by atoms with Crippen molar-refractivity contribution in [1.29, 1.82) is 0 Å². The van der Waals surface area contributed by atoms with Crippen molar-refractivity contribution in [3.8, 4) is 5.88 Å². The van der Waals surface area contributed by atoms with Crippen molar-refractivity contribution >= 4 is 22.3 Å². The minimum absolute atomic E-state index is 0.497. The van der Waals surface area contributed by atoms with Crippen molar-refractivity contribution in [2.24, 2.45) is 0 Å². The minimum Gasteiger partial charge on any atom is -0.479 e. The van der Waals surface area contributed by atoms with Crippen LogP contribution in [0.5, 0.6) is 5.88 Å². The molecule has 0 atom stereocenters. The highest BCUT2D eigenvalue weighted by molar-refractivity contribution is 5.76. The van der Waals surface area contributed by atoms with Gasteiger partial charge < -0.3 is 13.6 Å². The van der Waals surface area contributed by atoms with Crippen LogP contribution in [0.2, 0.25) is 0 Å². The van der Waals surface area contributed by atoms with E-state index >= 15 is 0 Å². The van der Waals surface area contributed by atoms with Crippen molar-refractivity contribution in [3.05, 3.63) is 43.4 Å². The Bertz CT molecular complexity index is 795. The van der Waals surface area contributed by atoms with Gasteiger partial charge in [-0.15, -0.1) is 0 Å². The molecular weight excluding hydrogens is 284 g/mol. The first-order chi connectivity index (χ1) is 10.9. The van der Waals surface area contributed by atoms with Gasteiger partial charge in [-0.1, -0.05) is 13.8 Å². The normalized spacial score (nSPS) is 9.59. The van der Waals surface area contributed by atoms with Crippen LogP contribution in [0.25, 0.3) is 22.3 Å². The number of hydrogen-bond acceptors (Lipinski definition) is 7. The van der Waals surface area contributed by atoms with Gasteiger partial charge in [0, 0.05) is 18.5 Å². The molecule has 7 heteroatoms. The Morgan fingerprint density at radius 2 is 1.64 bits per heavy atom. The van der Waals surface area contributed by atoms with E-state index in [9.17, 15) is 0 Å². The van der Waals surface area contributed by atoms with Crippen molar-refractivity contribution in [1.82, 2.24) is 19.9 Å². The maximum Gasteiger partial charge on any atom is 0.243 e. The fourth-order valence-electron chi connectivity index (χ4n) is 1.62. The summed E-state index contributed by atoms with van der Waals surface area (Å²) in [6.45, 7) is 4.00. The van der Waals surface area contributed by atoms with Gasteiger partial charge in [-0.25, -0.2) is 15.0 Å². The first kappa shape index (κ1) is 15.4. The predicted octanol–water partition coefficient (Wildman–Crippen LogP) is 3.48. The number of hydrogen-bond donors (Lipinski definition) is 0. The number of fused-ring (bicyclic) bond motifs is 2. The van der Waals surface area contributed by atoms with Crippen LogP contribution in [0.3, 0.4) is 0 Å². The van der Waals surface area contributed by atoms with Gasteiger partial charge in [-0.2, -0.15) is 4.98 Å². The van der Waals surface area contributed by atoms with Crippen LogP contribution < -0.4 is 4.74 Å². The Labute approximate surface area is 127 Å². The fraction of sp³-hybridized carbons (Fsp3) is 0.200. The summed E-state index contributed by atoms with van der Waals surface area (Å²) in [7, 11) is 1.55. The minimum atomic E-state index is 0.497. The molecule has 4 aromatic heterocycles. The molecule has 4 rings (SSSR count). The molecule has 0 aliphatic rings. The van der Waals surface area contributed by atoms with E-state index < -0.39 is 0 Å². The van der Waals surface area contributed by atoms with Crippen LogP contribution in [-0.2, 0) is 0 Å². The number of nitrogens with zero attached hydrogens (tertiary/aromatic N) is 4. The Hall–Kier alpha value is -2.96. The molecule has 7 nitrogen and oxygen atoms in total. The first-order valence-electron chi connectivity index (χ1n) is 6.75. The monoisotopic (exact) mass is 300 g/mol. The van der Waals surface area contributed by atoms with Gasteiger partial charge in [0.05, 0.1) is 7.11 Å². The standard InChI is InChI=1S/C7H6N2O2.C6H4N2O.C2H6/c1-10-7-6-5(2-3-8-7)11-4-9-6;1-2-5-6(7-3-1)8-4-9-5;1-2/h2-4H,1H3;1-4H;1-2H3. The molecular formula is C15H16N4O3. The number of rotatable bonds is 1. The molecule has 0 bridgehead atoms. The number of ether oxygens (including phenoxy) is 1. The molecule has 4 heterocycles. The van der Waals surface area contributed by atoms with Gasteiger partial charge in [-0.05, 0) is 12.1 Å². The lowest BCUT2D eigenvalue weighted by molar-refractivity contribution is 0.402. The quantitative estimate of drug-likeness (QED) is 0.531. The van der Waals surface area contributed by atoms with Gasteiger partial charge in [0.15, 0.2) is 35.1 Å². The summed E-state index contributed by atoms with van der Waals surface area (Å²) in [5, 5.41) is 0. The van der Waals surface area contributed by atoms with Crippen LogP contribution in [-0.4, -0.2) is 27.0 Å². The summed E-state index contributed by atoms with van der Waals surface area (Å²) in [5.41, 5.74) is 2.75. The summed E-state index contributed by atoms with van der Waals surface area (Å²) >= 11 is 0. The summed E-state index contributed by atoms with van der Waals surface area (Å²) in [4.78, 5) is 15.7. The zero-order valence-electron chi connectivity index (χ0n) is 12.6. The van der Waals surface area contributed by atoms with Crippen molar-refractivity contribution < 1.29 is 13.6 Å². The van der Waals surface area contributed by atoms with E-state index in [1.807, 2.05) is 26.0 Å². The fourth-order valence-corrected chi connectivity index (χ4v) is 1.62. The first-order valence-corrected chi connectivity index (χ1v) is 6.75. The van der Waals surface area contributed by atoms with Crippen LogP contribution in [0.15, 0.2) is 52.2 Å². The van der Waals surface area contributed by atoms with Gasteiger partial charge in [0.25, 0.3) is 0 Å². The second-order valence-electron chi connectivity index (χ2n) is 3.70. The predicted molar refractivity (Wildman–Crippen MR) is 81.5 cm³/mol. The third kappa shape index (κ3) is 3.38. The second kappa shape index (κ2) is 7.72. The van der Waals surface area contributed by atoms with Crippen molar-refractivity contribution in [2.45, 2.75) is 13.8 Å². The lowest BCUT2D eigenvalue weighted by atomic mass is 10.4. The van der Waals surface area contributed by atoms with Gasteiger partial charge in [0.2, 0.25) is 5.88 Å². The van der Waals surface area contributed by atoms with Gasteiger partial charge in [-0.3, -0.25) is 0 Å². The molecule has 0 spiro atoms. The molecule has 22 heavy (non-hydrogen) atoms. The molecule has 0 aliphatic carbocycles. The molecule has 0 saturated heterocycles. The van der Waals surface area contributed by atoms with E-state index in [0.717, 1.165) is 5.58 Å². The molecule has 0 saturated carbocycles. The van der Waals surface area contributed by atoms with Crippen molar-refractivity contribution in [2.75, 3.05) is 7.11 Å². The van der Waals surface area contributed by atoms with Gasteiger partial charge in [0.1, 0.15) is 0 Å². The van der Waals surface area contributed by atoms with E-state index in [4.69, 9.17) is 13.6 Å². The molecule has 0 unspecified atom stereocenters. The highest BCUT2D eigenvalue weighted by Crippen LogP contribution is 2.19. The maximum atomic E-state index is 5.03. The lowest BCUT2D eigenvalue weighted by Gasteiger charge is -1.95. The highest BCUT2D eigenvalue weighted by Gasteiger charge is 2.04. The highest BCUT2D eigenvalue weighted by atomic mass is 16.5. The summed E-state index contributed by atoms with van der Waals surface area (Å²) in [5.74, 6) is 0.497. The molecule has 0 N–H and O–H groups in total. The Kier molecular flexibility index (Phi) is 5.42. The van der Waals surface area contributed by atoms with E-state index in [0.29, 0.717) is 22.6 Å². The number of pyridine rings is 2. The van der Waals surface area contributed by atoms with E-state index in [1.54, 1.807) is 25.6 Å². The largest absolute Gasteiger partial charge is 0.479 e. The van der Waals surface area contributed by atoms with E-state index in [-0.39, 0.29) is 0 Å². The Balaban J connectivity index is 0.000000146. The average Bonchev–Trinajstić information content (AvgIpc) is 3.25. The van der Waals surface area contributed by atoms with Crippen LogP contribution in [0.1, 0.15) is 13.8 Å². The summed E-state index contributed by atoms with van der Waals surface area (Å²) < 4.78 is 14.9. The smallest absolute Gasteiger partial charge is 0.243 e. The molecule has 114 valence electrons. The average molecular weight is 300 g/mol. The zero-order chi connectivity index (χ0) is 15.8. The Morgan fingerprint density at radius 3 is 2.41 bits per heavy atom. The molecule has 0 aliphatic heterocycles. The Morgan fingerprint density at radius 1 is 0.864 bits per heavy atom. The van der Waals surface area contributed by atoms with Crippen LogP contribution >= 0.6 is 0 Å². The molecule has 0 amide bonds. The second-order valence-corrected chi connectivity index (χ2v) is 3.70. The summed E-state index contributed by atoms with van der Waals surface area (Å²) in [6, 6.07) is 5.38. The number of aromatic nitrogens is 4. The van der Waals surface area contributed by atoms with Crippen LogP contribution in [0, 0.1) is 0 Å². The van der Waals surface area contributed by atoms with Crippen LogP contribution in [0.4, 0.5) is 0 Å². The molecule has 4 aromatic rings. The summed E-state index contributed by atoms with van der Waals surface area (Å²) in [6.07, 6.45) is 6.06. The molecule has 0 fully saturated rings. The lowest BCUT2D eigenvalue weighted by Crippen LogP contribution is -1.86. The van der Waals surface area contributed by atoms with Crippen molar-refractivity contribution in [3.63, 3.8) is 0 Å². The number of methoxy groups -OCH3 is 1.